The molecule has 0 aliphatic heterocycles. The van der Waals surface area contributed by atoms with Crippen LogP contribution >= 0.6 is 0 Å². The molecule has 0 spiro atoms. The standard InChI is InChI=1S/C19H21F3N2O2/c1-2-24(12-10-19(20,21)22)17(25)9-11-23-18(26)16-8-7-14-5-3-4-6-15(14)13-16/h3-8,13H,2,9-12H2,1H3,(H,23,26). The molecule has 0 fully saturated rings. The van der Waals surface area contributed by atoms with Crippen molar-refractivity contribution in [3.05, 3.63) is 48.0 Å². The number of benzene rings is 2. The summed E-state index contributed by atoms with van der Waals surface area (Å²) in [6, 6.07) is 12.9. The van der Waals surface area contributed by atoms with Gasteiger partial charge in [0, 0.05) is 31.6 Å². The Kier molecular flexibility index (Phi) is 6.60. The highest BCUT2D eigenvalue weighted by Gasteiger charge is 2.28. The maximum absolute atomic E-state index is 12.3. The van der Waals surface area contributed by atoms with E-state index in [1.165, 1.54) is 0 Å². The van der Waals surface area contributed by atoms with Gasteiger partial charge in [-0.1, -0.05) is 30.3 Å². The lowest BCUT2D eigenvalue weighted by atomic mass is 10.1. The molecule has 140 valence electrons. The Bertz CT molecular complexity index is 775. The van der Waals surface area contributed by atoms with E-state index >= 15 is 0 Å². The molecule has 1 N–H and O–H groups in total. The van der Waals surface area contributed by atoms with Crippen molar-refractivity contribution < 1.29 is 22.8 Å². The lowest BCUT2D eigenvalue weighted by Crippen LogP contribution is -2.36. The first-order chi connectivity index (χ1) is 12.3. The van der Waals surface area contributed by atoms with Crippen molar-refractivity contribution in [2.45, 2.75) is 25.9 Å². The van der Waals surface area contributed by atoms with Crippen molar-refractivity contribution in [2.75, 3.05) is 19.6 Å². The van der Waals surface area contributed by atoms with Crippen molar-refractivity contribution in [3.8, 4) is 0 Å². The van der Waals surface area contributed by atoms with E-state index in [0.29, 0.717) is 5.56 Å². The topological polar surface area (TPSA) is 49.4 Å². The van der Waals surface area contributed by atoms with Crippen LogP contribution in [0.5, 0.6) is 0 Å². The zero-order chi connectivity index (χ0) is 19.2. The molecule has 0 heterocycles. The fourth-order valence-corrected chi connectivity index (χ4v) is 2.59. The predicted molar refractivity (Wildman–Crippen MR) is 93.8 cm³/mol. The van der Waals surface area contributed by atoms with Gasteiger partial charge in [0.1, 0.15) is 0 Å². The highest BCUT2D eigenvalue weighted by Crippen LogP contribution is 2.20. The summed E-state index contributed by atoms with van der Waals surface area (Å²) in [5.41, 5.74) is 0.473. The first-order valence-electron chi connectivity index (χ1n) is 8.41. The van der Waals surface area contributed by atoms with Crippen molar-refractivity contribution in [2.24, 2.45) is 0 Å². The van der Waals surface area contributed by atoms with Crippen LogP contribution in [0, 0.1) is 0 Å². The number of carbonyl (C=O) groups is 2. The van der Waals surface area contributed by atoms with Crippen LogP contribution in [0.1, 0.15) is 30.1 Å². The summed E-state index contributed by atoms with van der Waals surface area (Å²) in [7, 11) is 0. The maximum atomic E-state index is 12.3. The quantitative estimate of drug-likeness (QED) is 0.811. The number of halogens is 3. The van der Waals surface area contributed by atoms with E-state index in [4.69, 9.17) is 0 Å². The lowest BCUT2D eigenvalue weighted by Gasteiger charge is -2.21. The van der Waals surface area contributed by atoms with Gasteiger partial charge in [-0.05, 0) is 29.8 Å². The van der Waals surface area contributed by atoms with Crippen LogP contribution in [0.15, 0.2) is 42.5 Å². The molecule has 0 radical (unpaired) electrons. The molecule has 0 saturated heterocycles. The molecule has 0 bridgehead atoms. The zero-order valence-corrected chi connectivity index (χ0v) is 14.5. The van der Waals surface area contributed by atoms with Gasteiger partial charge in [-0.3, -0.25) is 9.59 Å². The molecule has 7 heteroatoms. The summed E-state index contributed by atoms with van der Waals surface area (Å²) < 4.78 is 36.8. The second-order valence-corrected chi connectivity index (χ2v) is 5.91. The molecule has 0 saturated carbocycles. The van der Waals surface area contributed by atoms with E-state index in [1.807, 2.05) is 30.3 Å². The third-order valence-electron chi connectivity index (χ3n) is 4.04. The van der Waals surface area contributed by atoms with Gasteiger partial charge in [0.05, 0.1) is 6.42 Å². The molecule has 2 aromatic rings. The predicted octanol–water partition coefficient (Wildman–Crippen LogP) is 3.76. The van der Waals surface area contributed by atoms with Gasteiger partial charge in [-0.15, -0.1) is 0 Å². The Labute approximate surface area is 150 Å². The van der Waals surface area contributed by atoms with Crippen LogP contribution in [0.4, 0.5) is 13.2 Å². The van der Waals surface area contributed by atoms with Gasteiger partial charge in [-0.2, -0.15) is 13.2 Å². The monoisotopic (exact) mass is 366 g/mol. The maximum Gasteiger partial charge on any atom is 0.390 e. The molecular weight excluding hydrogens is 345 g/mol. The number of amides is 2. The molecule has 0 aromatic heterocycles. The average molecular weight is 366 g/mol. The number of nitrogens with one attached hydrogen (secondary N) is 1. The van der Waals surface area contributed by atoms with Gasteiger partial charge in [0.15, 0.2) is 0 Å². The number of alkyl halides is 3. The Hall–Kier alpha value is -2.57. The van der Waals surface area contributed by atoms with Crippen molar-refractivity contribution in [1.82, 2.24) is 10.2 Å². The van der Waals surface area contributed by atoms with E-state index in [0.717, 1.165) is 15.7 Å². The van der Waals surface area contributed by atoms with E-state index in [9.17, 15) is 22.8 Å². The molecule has 26 heavy (non-hydrogen) atoms. The van der Waals surface area contributed by atoms with E-state index in [2.05, 4.69) is 5.32 Å². The van der Waals surface area contributed by atoms with Crippen LogP contribution in [-0.4, -0.2) is 42.5 Å². The van der Waals surface area contributed by atoms with Gasteiger partial charge >= 0.3 is 6.18 Å². The fraction of sp³-hybridized carbons (Fsp3) is 0.368. The third-order valence-corrected chi connectivity index (χ3v) is 4.04. The number of rotatable bonds is 7. The van der Waals surface area contributed by atoms with Crippen LogP contribution in [0.3, 0.4) is 0 Å². The summed E-state index contributed by atoms with van der Waals surface area (Å²) in [5.74, 6) is -0.725. The molecule has 0 aliphatic carbocycles. The second-order valence-electron chi connectivity index (χ2n) is 5.91. The summed E-state index contributed by atoms with van der Waals surface area (Å²) in [5, 5.41) is 4.58. The second kappa shape index (κ2) is 8.69. The van der Waals surface area contributed by atoms with Gasteiger partial charge in [0.2, 0.25) is 5.91 Å². The lowest BCUT2D eigenvalue weighted by molar-refractivity contribution is -0.145. The summed E-state index contributed by atoms with van der Waals surface area (Å²) in [4.78, 5) is 25.3. The summed E-state index contributed by atoms with van der Waals surface area (Å²) in [6.45, 7) is 1.54. The minimum atomic E-state index is -4.29. The van der Waals surface area contributed by atoms with E-state index in [-0.39, 0.29) is 32.0 Å². The van der Waals surface area contributed by atoms with Gasteiger partial charge in [-0.25, -0.2) is 0 Å². The van der Waals surface area contributed by atoms with Crippen LogP contribution < -0.4 is 5.32 Å². The Balaban J connectivity index is 1.85. The highest BCUT2D eigenvalue weighted by atomic mass is 19.4. The number of nitrogens with zero attached hydrogens (tertiary/aromatic N) is 1. The fourth-order valence-electron chi connectivity index (χ4n) is 2.59. The first kappa shape index (κ1) is 19.8. The minimum Gasteiger partial charge on any atom is -0.352 e. The molecule has 4 nitrogen and oxygen atoms in total. The van der Waals surface area contributed by atoms with Crippen LogP contribution in [-0.2, 0) is 4.79 Å². The molecule has 0 unspecified atom stereocenters. The molecule has 2 amide bonds. The first-order valence-corrected chi connectivity index (χ1v) is 8.41. The Morgan fingerprint density at radius 3 is 2.42 bits per heavy atom. The Morgan fingerprint density at radius 1 is 1.08 bits per heavy atom. The molecule has 2 rings (SSSR count). The van der Waals surface area contributed by atoms with Crippen LogP contribution in [0.2, 0.25) is 0 Å². The number of hydrogen-bond donors (Lipinski definition) is 1. The summed E-state index contributed by atoms with van der Waals surface area (Å²) in [6.07, 6.45) is -5.36. The molecule has 0 atom stereocenters. The summed E-state index contributed by atoms with van der Waals surface area (Å²) >= 11 is 0. The normalized spacial score (nSPS) is 11.4. The number of carbonyl (C=O) groups excluding carboxylic acids is 2. The largest absolute Gasteiger partial charge is 0.390 e. The molecular formula is C19H21F3N2O2. The van der Waals surface area contributed by atoms with Crippen molar-refractivity contribution >= 4 is 22.6 Å². The van der Waals surface area contributed by atoms with Crippen LogP contribution in [0.25, 0.3) is 10.8 Å². The molecule has 0 aliphatic rings. The Morgan fingerprint density at radius 2 is 1.77 bits per heavy atom. The SMILES string of the molecule is CCN(CCC(F)(F)F)C(=O)CCNC(=O)c1ccc2ccccc2c1. The van der Waals surface area contributed by atoms with Gasteiger partial charge in [0.25, 0.3) is 5.91 Å². The van der Waals surface area contributed by atoms with Crippen molar-refractivity contribution in [1.29, 1.82) is 0 Å². The smallest absolute Gasteiger partial charge is 0.352 e. The zero-order valence-electron chi connectivity index (χ0n) is 14.5. The molecule has 2 aromatic carbocycles. The van der Waals surface area contributed by atoms with Crippen molar-refractivity contribution in [3.63, 3.8) is 0 Å². The van der Waals surface area contributed by atoms with E-state index in [1.54, 1.807) is 19.1 Å². The number of hydrogen-bond acceptors (Lipinski definition) is 2. The van der Waals surface area contributed by atoms with E-state index < -0.39 is 18.5 Å². The third kappa shape index (κ3) is 5.75. The average Bonchev–Trinajstić information content (AvgIpc) is 2.60. The highest BCUT2D eigenvalue weighted by molar-refractivity contribution is 5.98. The van der Waals surface area contributed by atoms with Gasteiger partial charge < -0.3 is 10.2 Å². The number of fused-ring (bicyclic) bond motifs is 1. The minimum absolute atomic E-state index is 0.0367.